The van der Waals surface area contributed by atoms with Gasteiger partial charge in [-0.2, -0.15) is 13.2 Å². The molecule has 0 bridgehead atoms. The molecule has 11 heavy (non-hydrogen) atoms. The number of ether oxygens (including phenoxy) is 1. The van der Waals surface area contributed by atoms with E-state index in [1.807, 2.05) is 0 Å². The molecule has 1 nitrogen and oxygen atoms in total. The van der Waals surface area contributed by atoms with Crippen LogP contribution in [0.3, 0.4) is 0 Å². The first-order valence-corrected chi connectivity index (χ1v) is 3.80. The van der Waals surface area contributed by atoms with Gasteiger partial charge < -0.3 is 4.74 Å². The van der Waals surface area contributed by atoms with Crippen molar-refractivity contribution in [1.29, 1.82) is 0 Å². The van der Waals surface area contributed by atoms with Gasteiger partial charge in [-0.15, -0.1) is 11.6 Å². The third kappa shape index (κ3) is 10.0. The van der Waals surface area contributed by atoms with Crippen LogP contribution in [-0.2, 0) is 4.74 Å². The highest BCUT2D eigenvalue weighted by atomic mass is 35.5. The first kappa shape index (κ1) is 11.0. The maximum Gasteiger partial charge on any atom is 0.411 e. The van der Waals surface area contributed by atoms with E-state index in [0.717, 1.165) is 0 Å². The van der Waals surface area contributed by atoms with Crippen molar-refractivity contribution < 1.29 is 17.9 Å². The van der Waals surface area contributed by atoms with E-state index in [1.165, 1.54) is 0 Å². The van der Waals surface area contributed by atoms with Crippen molar-refractivity contribution in [3.8, 4) is 0 Å². The topological polar surface area (TPSA) is 9.23 Å². The molecule has 0 aromatic heterocycles. The molecule has 5 heteroatoms. The Morgan fingerprint density at radius 3 is 2.27 bits per heavy atom. The van der Waals surface area contributed by atoms with Gasteiger partial charge in [-0.1, -0.05) is 0 Å². The summed E-state index contributed by atoms with van der Waals surface area (Å²) >= 11 is 5.29. The Morgan fingerprint density at radius 2 is 1.82 bits per heavy atom. The molecule has 0 spiro atoms. The minimum absolute atomic E-state index is 0.131. The molecular formula is C6H10ClF3O. The van der Waals surface area contributed by atoms with Gasteiger partial charge in [0.25, 0.3) is 0 Å². The third-order valence-corrected chi connectivity index (χ3v) is 1.21. The molecule has 0 radical (unpaired) electrons. The fourth-order valence-electron chi connectivity index (χ4n) is 0.487. The van der Waals surface area contributed by atoms with Crippen molar-refractivity contribution in [2.45, 2.75) is 19.0 Å². The Balaban J connectivity index is 3.02. The van der Waals surface area contributed by atoms with Gasteiger partial charge in [-0.05, 0) is 12.8 Å². The maximum atomic E-state index is 11.4. The zero-order valence-electron chi connectivity index (χ0n) is 5.96. The van der Waals surface area contributed by atoms with Crippen LogP contribution in [0.4, 0.5) is 13.2 Å². The van der Waals surface area contributed by atoms with Gasteiger partial charge >= 0.3 is 6.18 Å². The molecule has 0 saturated heterocycles. The van der Waals surface area contributed by atoms with Crippen LogP contribution in [0.5, 0.6) is 0 Å². The molecule has 0 rings (SSSR count). The molecule has 0 fully saturated rings. The summed E-state index contributed by atoms with van der Waals surface area (Å²) in [5.41, 5.74) is 0. The lowest BCUT2D eigenvalue weighted by Crippen LogP contribution is -2.17. The van der Waals surface area contributed by atoms with Crippen molar-refractivity contribution in [2.24, 2.45) is 0 Å². The zero-order chi connectivity index (χ0) is 8.74. The second-order valence-electron chi connectivity index (χ2n) is 2.06. The molecule has 0 amide bonds. The van der Waals surface area contributed by atoms with E-state index in [0.29, 0.717) is 18.7 Å². The lowest BCUT2D eigenvalue weighted by molar-refractivity contribution is -0.174. The SMILES string of the molecule is FC(F)(F)COCCCCCl. The van der Waals surface area contributed by atoms with E-state index in [1.54, 1.807) is 0 Å². The largest absolute Gasteiger partial charge is 0.411 e. The van der Waals surface area contributed by atoms with Gasteiger partial charge in [-0.25, -0.2) is 0 Å². The number of hydrogen-bond acceptors (Lipinski definition) is 1. The Kier molecular flexibility index (Phi) is 5.68. The van der Waals surface area contributed by atoms with Crippen LogP contribution in [-0.4, -0.2) is 25.3 Å². The summed E-state index contributed by atoms with van der Waals surface area (Å²) in [5.74, 6) is 0.468. The van der Waals surface area contributed by atoms with E-state index in [-0.39, 0.29) is 6.61 Å². The summed E-state index contributed by atoms with van der Waals surface area (Å²) < 4.78 is 38.6. The van der Waals surface area contributed by atoms with Crippen molar-refractivity contribution in [3.63, 3.8) is 0 Å². The lowest BCUT2D eigenvalue weighted by Gasteiger charge is -2.06. The van der Waals surface area contributed by atoms with E-state index in [9.17, 15) is 13.2 Å². The number of halogens is 4. The fourth-order valence-corrected chi connectivity index (χ4v) is 0.675. The standard InChI is InChI=1S/C6H10ClF3O/c7-3-1-2-4-11-5-6(8,9)10/h1-5H2. The highest BCUT2D eigenvalue weighted by molar-refractivity contribution is 6.17. The lowest BCUT2D eigenvalue weighted by atomic mass is 10.4. The van der Waals surface area contributed by atoms with Gasteiger partial charge in [0.2, 0.25) is 0 Å². The van der Waals surface area contributed by atoms with E-state index in [2.05, 4.69) is 4.74 Å². The van der Waals surface area contributed by atoms with Gasteiger partial charge in [0.05, 0.1) is 0 Å². The smallest absolute Gasteiger partial charge is 0.372 e. The Morgan fingerprint density at radius 1 is 1.18 bits per heavy atom. The molecule has 0 N–H and O–H groups in total. The minimum atomic E-state index is -4.21. The first-order valence-electron chi connectivity index (χ1n) is 3.27. The van der Waals surface area contributed by atoms with Crippen molar-refractivity contribution >= 4 is 11.6 Å². The summed E-state index contributed by atoms with van der Waals surface area (Å²) in [7, 11) is 0. The molecule has 0 aliphatic heterocycles. The Hall–Kier alpha value is 0.0400. The number of hydrogen-bond donors (Lipinski definition) is 0. The summed E-state index contributed by atoms with van der Waals surface area (Å²) in [5, 5.41) is 0. The number of alkyl halides is 4. The average Bonchev–Trinajstić information content (AvgIpc) is 1.85. The van der Waals surface area contributed by atoms with Crippen LogP contribution in [0.1, 0.15) is 12.8 Å². The Bertz CT molecular complexity index is 94.3. The highest BCUT2D eigenvalue weighted by Crippen LogP contribution is 2.14. The van der Waals surface area contributed by atoms with Crippen molar-refractivity contribution in [1.82, 2.24) is 0 Å². The number of unbranched alkanes of at least 4 members (excludes halogenated alkanes) is 1. The number of rotatable bonds is 5. The minimum Gasteiger partial charge on any atom is -0.372 e. The normalized spacial score (nSPS) is 12.0. The van der Waals surface area contributed by atoms with Crippen LogP contribution in [0.15, 0.2) is 0 Å². The molecule has 0 unspecified atom stereocenters. The van der Waals surface area contributed by atoms with Gasteiger partial charge in [-0.3, -0.25) is 0 Å². The van der Waals surface area contributed by atoms with Crippen molar-refractivity contribution in [2.75, 3.05) is 19.1 Å². The highest BCUT2D eigenvalue weighted by Gasteiger charge is 2.26. The van der Waals surface area contributed by atoms with Crippen molar-refractivity contribution in [3.05, 3.63) is 0 Å². The summed E-state index contributed by atoms with van der Waals surface area (Å²) in [6.45, 7) is -1.03. The zero-order valence-corrected chi connectivity index (χ0v) is 6.71. The van der Waals surface area contributed by atoms with Crippen LogP contribution < -0.4 is 0 Å². The summed E-state index contributed by atoms with van der Waals surface area (Å²) in [6.07, 6.45) is -2.93. The van der Waals surface area contributed by atoms with Crippen LogP contribution in [0, 0.1) is 0 Å². The average molecular weight is 191 g/mol. The third-order valence-electron chi connectivity index (χ3n) is 0.938. The van der Waals surface area contributed by atoms with Crippen LogP contribution >= 0.6 is 11.6 Å². The monoisotopic (exact) mass is 190 g/mol. The van der Waals surface area contributed by atoms with E-state index >= 15 is 0 Å². The molecular weight excluding hydrogens is 181 g/mol. The molecule has 68 valence electrons. The first-order chi connectivity index (χ1) is 5.06. The molecule has 0 aromatic rings. The molecule has 0 heterocycles. The Labute approximate surface area is 68.5 Å². The van der Waals surface area contributed by atoms with Gasteiger partial charge in [0.1, 0.15) is 6.61 Å². The fraction of sp³-hybridized carbons (Fsp3) is 1.00. The van der Waals surface area contributed by atoms with Crippen LogP contribution in [0.25, 0.3) is 0 Å². The molecule has 0 atom stereocenters. The van der Waals surface area contributed by atoms with Gasteiger partial charge in [0.15, 0.2) is 0 Å². The molecule has 0 aromatic carbocycles. The summed E-state index contributed by atoms with van der Waals surface area (Å²) in [6, 6.07) is 0. The second kappa shape index (κ2) is 5.66. The quantitative estimate of drug-likeness (QED) is 0.478. The molecule has 0 saturated carbocycles. The molecule has 0 aliphatic carbocycles. The maximum absolute atomic E-state index is 11.4. The second-order valence-corrected chi connectivity index (χ2v) is 2.44. The van der Waals surface area contributed by atoms with Crippen LogP contribution in [0.2, 0.25) is 0 Å². The predicted octanol–water partition coefficient (Wildman–Crippen LogP) is 2.58. The van der Waals surface area contributed by atoms with E-state index < -0.39 is 12.8 Å². The van der Waals surface area contributed by atoms with E-state index in [4.69, 9.17) is 11.6 Å². The predicted molar refractivity (Wildman–Crippen MR) is 36.8 cm³/mol. The summed E-state index contributed by atoms with van der Waals surface area (Å²) in [4.78, 5) is 0. The van der Waals surface area contributed by atoms with Gasteiger partial charge in [0, 0.05) is 12.5 Å². The molecule has 0 aliphatic rings.